The van der Waals surface area contributed by atoms with E-state index in [0.29, 0.717) is 27.9 Å². The lowest BCUT2D eigenvalue weighted by Crippen LogP contribution is -2.31. The average molecular weight is 432 g/mol. The first kappa shape index (κ1) is 13.9. The molecule has 0 atom stereocenters. The summed E-state index contributed by atoms with van der Waals surface area (Å²) in [7, 11) is 1.71. The minimum atomic E-state index is -2.65. The zero-order valence-electron chi connectivity index (χ0n) is 26.9. The Balaban J connectivity index is 2.10. The van der Waals surface area contributed by atoms with Gasteiger partial charge in [-0.15, -0.1) is 0 Å². The third-order valence-electron chi connectivity index (χ3n) is 5.41. The molecule has 0 aliphatic carbocycles. The third-order valence-corrected chi connectivity index (χ3v) is 5.41. The minimum absolute atomic E-state index is 0.0399. The first-order chi connectivity index (χ1) is 18.3. The summed E-state index contributed by atoms with van der Waals surface area (Å²) in [4.78, 5) is 3.52. The maximum Gasteiger partial charge on any atom is 0.232 e. The molecule has 2 heterocycles. The van der Waals surface area contributed by atoms with E-state index in [1.165, 1.54) is 30.7 Å². The lowest BCUT2D eigenvalue weighted by Gasteiger charge is -2.19. The summed E-state index contributed by atoms with van der Waals surface area (Å²) in [5.41, 5.74) is 2.48. The standard InChI is InChI=1S/C29H31N2O/c1-18-9-11-23-25(30-7)17-32-28(23)27(18)26-14-24(20(3)16-31(26)8)22-12-10-21(13-19(22)2)15-29(4,5)6/h9-14,16-17H,15H2,1-6,8H3/q+1/i2D3,3D3,15D2. The Hall–Kier alpha value is -3.38. The number of aromatic nitrogens is 1. The van der Waals surface area contributed by atoms with Crippen LogP contribution in [0.4, 0.5) is 5.69 Å². The Morgan fingerprint density at radius 2 is 1.84 bits per heavy atom. The summed E-state index contributed by atoms with van der Waals surface area (Å²) in [6, 6.07) is 9.68. The molecule has 0 N–H and O–H groups in total. The molecule has 0 amide bonds. The van der Waals surface area contributed by atoms with Crippen molar-refractivity contribution in [1.29, 1.82) is 0 Å². The van der Waals surface area contributed by atoms with Gasteiger partial charge in [0.1, 0.15) is 12.6 Å². The van der Waals surface area contributed by atoms with Gasteiger partial charge in [-0.05, 0) is 60.2 Å². The van der Waals surface area contributed by atoms with Gasteiger partial charge < -0.3 is 4.42 Å². The molecule has 0 aliphatic rings. The monoisotopic (exact) mass is 431 g/mol. The second kappa shape index (κ2) is 7.95. The largest absolute Gasteiger partial charge is 0.476 e. The zero-order chi connectivity index (χ0) is 30.0. The normalized spacial score (nSPS) is 16.6. The minimum Gasteiger partial charge on any atom is -0.476 e. The van der Waals surface area contributed by atoms with Crippen LogP contribution in [0.2, 0.25) is 0 Å². The molecule has 0 aliphatic heterocycles. The highest BCUT2D eigenvalue weighted by atomic mass is 16.3. The smallest absolute Gasteiger partial charge is 0.232 e. The average Bonchev–Trinajstić information content (AvgIpc) is 3.25. The quantitative estimate of drug-likeness (QED) is 0.241. The van der Waals surface area contributed by atoms with E-state index < -0.39 is 25.5 Å². The van der Waals surface area contributed by atoms with Crippen LogP contribution in [0.1, 0.15) is 54.0 Å². The predicted octanol–water partition coefficient (Wildman–Crippen LogP) is 7.66. The molecule has 0 unspecified atom stereocenters. The Morgan fingerprint density at radius 1 is 1.06 bits per heavy atom. The van der Waals surface area contributed by atoms with Crippen LogP contribution in [0.3, 0.4) is 0 Å². The molecule has 2 aromatic carbocycles. The number of benzene rings is 2. The van der Waals surface area contributed by atoms with E-state index in [2.05, 4.69) is 4.85 Å². The number of pyridine rings is 1. The molecule has 0 fully saturated rings. The fraction of sp³-hybridized carbons (Fsp3) is 0.310. The van der Waals surface area contributed by atoms with Gasteiger partial charge in [0.15, 0.2) is 6.20 Å². The van der Waals surface area contributed by atoms with Crippen molar-refractivity contribution in [2.75, 3.05) is 0 Å². The van der Waals surface area contributed by atoms with E-state index in [1.807, 2.05) is 13.0 Å². The molecule has 162 valence electrons. The number of nitrogens with zero attached hydrogens (tertiary/aromatic N) is 2. The van der Waals surface area contributed by atoms with E-state index in [-0.39, 0.29) is 27.8 Å². The van der Waals surface area contributed by atoms with Crippen LogP contribution in [0.15, 0.2) is 53.3 Å². The van der Waals surface area contributed by atoms with Gasteiger partial charge in [-0.1, -0.05) is 51.1 Å². The lowest BCUT2D eigenvalue weighted by atomic mass is 9.86. The number of aryl methyl sites for hydroxylation is 4. The molecule has 32 heavy (non-hydrogen) atoms. The summed E-state index contributed by atoms with van der Waals surface area (Å²) in [5, 5.41) is 0.619. The molecule has 0 saturated heterocycles. The fourth-order valence-electron chi connectivity index (χ4n) is 4.00. The van der Waals surface area contributed by atoms with Crippen molar-refractivity contribution in [3.63, 3.8) is 0 Å². The summed E-state index contributed by atoms with van der Waals surface area (Å²) in [6.45, 7) is 9.33. The van der Waals surface area contributed by atoms with Gasteiger partial charge in [0.25, 0.3) is 0 Å². The Kier molecular flexibility index (Phi) is 3.46. The fourth-order valence-corrected chi connectivity index (χ4v) is 4.00. The van der Waals surface area contributed by atoms with E-state index in [9.17, 15) is 0 Å². The molecule has 0 bridgehead atoms. The van der Waals surface area contributed by atoms with Gasteiger partial charge in [0.2, 0.25) is 11.4 Å². The molecule has 4 rings (SSSR count). The molecule has 0 spiro atoms. The van der Waals surface area contributed by atoms with Gasteiger partial charge >= 0.3 is 0 Å². The van der Waals surface area contributed by atoms with Gasteiger partial charge in [-0.25, -0.2) is 9.41 Å². The number of fused-ring (bicyclic) bond motifs is 1. The van der Waals surface area contributed by atoms with E-state index in [1.54, 1.807) is 44.5 Å². The number of furan rings is 1. The van der Waals surface area contributed by atoms with Crippen LogP contribution in [0.25, 0.3) is 38.2 Å². The van der Waals surface area contributed by atoms with E-state index in [4.69, 9.17) is 22.0 Å². The van der Waals surface area contributed by atoms with E-state index in [0.717, 1.165) is 5.56 Å². The second-order valence-corrected chi connectivity index (χ2v) is 9.10. The highest BCUT2D eigenvalue weighted by Crippen LogP contribution is 2.38. The summed E-state index contributed by atoms with van der Waals surface area (Å²) >= 11 is 0. The maximum atomic E-state index is 8.69. The van der Waals surface area contributed by atoms with Crippen molar-refractivity contribution in [3.8, 4) is 22.4 Å². The Bertz CT molecular complexity index is 1670. The maximum absolute atomic E-state index is 8.69. The van der Waals surface area contributed by atoms with Crippen LogP contribution < -0.4 is 4.57 Å². The molecule has 0 saturated carbocycles. The summed E-state index contributed by atoms with van der Waals surface area (Å²) in [5.74, 6) is 0. The summed E-state index contributed by atoms with van der Waals surface area (Å²) < 4.78 is 74.5. The molecule has 4 aromatic rings. The molecule has 3 heteroatoms. The van der Waals surface area contributed by atoms with Crippen molar-refractivity contribution >= 4 is 16.7 Å². The first-order valence-electron chi connectivity index (χ1n) is 14.4. The highest BCUT2D eigenvalue weighted by molar-refractivity contribution is 6.00. The molecular weight excluding hydrogens is 392 g/mol. The van der Waals surface area contributed by atoms with Crippen LogP contribution in [-0.4, -0.2) is 0 Å². The van der Waals surface area contributed by atoms with Crippen molar-refractivity contribution in [2.24, 2.45) is 12.5 Å². The molecule has 3 nitrogen and oxygen atoms in total. The van der Waals surface area contributed by atoms with Gasteiger partial charge in [-0.2, -0.15) is 0 Å². The van der Waals surface area contributed by atoms with Crippen LogP contribution in [0.5, 0.6) is 0 Å². The summed E-state index contributed by atoms with van der Waals surface area (Å²) in [6.07, 6.45) is 1.01. The Labute approximate surface area is 202 Å². The number of rotatable bonds is 3. The van der Waals surface area contributed by atoms with Crippen molar-refractivity contribution in [1.82, 2.24) is 0 Å². The third kappa shape index (κ3) is 3.94. The predicted molar refractivity (Wildman–Crippen MR) is 132 cm³/mol. The number of hydrogen-bond acceptors (Lipinski definition) is 1. The van der Waals surface area contributed by atoms with Gasteiger partial charge in [-0.3, -0.25) is 0 Å². The van der Waals surface area contributed by atoms with E-state index >= 15 is 0 Å². The van der Waals surface area contributed by atoms with Gasteiger partial charge in [0.05, 0.1) is 18.4 Å². The van der Waals surface area contributed by atoms with Crippen molar-refractivity contribution in [2.45, 2.75) is 47.8 Å². The Morgan fingerprint density at radius 3 is 2.53 bits per heavy atom. The highest BCUT2D eigenvalue weighted by Gasteiger charge is 2.23. The number of hydrogen-bond donors (Lipinski definition) is 0. The van der Waals surface area contributed by atoms with Crippen LogP contribution >= 0.6 is 0 Å². The lowest BCUT2D eigenvalue weighted by molar-refractivity contribution is -0.660. The second-order valence-electron chi connectivity index (χ2n) is 9.10. The topological polar surface area (TPSA) is 21.4 Å². The molecule has 0 radical (unpaired) electrons. The van der Waals surface area contributed by atoms with Gasteiger partial charge in [0, 0.05) is 28.0 Å². The first-order valence-corrected chi connectivity index (χ1v) is 10.4. The molecular formula is C29H31N2O+. The van der Waals surface area contributed by atoms with Crippen LogP contribution in [0, 0.1) is 32.6 Å². The van der Waals surface area contributed by atoms with Crippen molar-refractivity contribution in [3.05, 3.63) is 82.5 Å². The molecule has 2 aromatic heterocycles. The zero-order valence-corrected chi connectivity index (χ0v) is 18.9. The van der Waals surface area contributed by atoms with Crippen molar-refractivity contribution < 1.29 is 20.0 Å². The van der Waals surface area contributed by atoms with Crippen LogP contribution in [-0.2, 0) is 13.4 Å². The SMILES string of the molecule is [2H]C([2H])([2H])c1cc(C([2H])([2H])C(C)(C)C)ccc1-c1cc(-c2c(C)ccc3c([N+]#[C-])coc23)[n+](C)cc1C([2H])([2H])[2H].